The minimum Gasteiger partial charge on any atom is -0.368 e. The summed E-state index contributed by atoms with van der Waals surface area (Å²) >= 11 is 12.8. The Morgan fingerprint density at radius 1 is 1.00 bits per heavy atom. The highest BCUT2D eigenvalue weighted by Gasteiger charge is 2.32. The van der Waals surface area contributed by atoms with Gasteiger partial charge in [0.2, 0.25) is 5.91 Å². The van der Waals surface area contributed by atoms with Gasteiger partial charge in [0.25, 0.3) is 0 Å². The molecule has 6 heteroatoms. The predicted octanol–water partition coefficient (Wildman–Crippen LogP) is 6.09. The van der Waals surface area contributed by atoms with E-state index in [1.54, 1.807) is 0 Å². The molecule has 2 aliphatic heterocycles. The maximum Gasteiger partial charge on any atom is 0.223 e. The van der Waals surface area contributed by atoms with Crippen LogP contribution in [0.5, 0.6) is 0 Å². The Balaban J connectivity index is 1.16. The van der Waals surface area contributed by atoms with Gasteiger partial charge in [-0.25, -0.2) is 0 Å². The van der Waals surface area contributed by atoms with Crippen LogP contribution >= 0.6 is 23.2 Å². The summed E-state index contributed by atoms with van der Waals surface area (Å²) in [5.74, 6) is 0.979. The molecule has 1 saturated carbocycles. The van der Waals surface area contributed by atoms with Crippen LogP contribution in [-0.2, 0) is 11.3 Å². The topological polar surface area (TPSA) is 35.6 Å². The number of carbonyl (C=O) groups is 1. The zero-order valence-corrected chi connectivity index (χ0v) is 21.8. The van der Waals surface area contributed by atoms with Gasteiger partial charge in [0.15, 0.2) is 0 Å². The SMILES string of the molecule is Cc1cc(C2CN(c3c(Cl)cccc3Cl)C2)cc(C)c1CN1CCC(C(=O)NC2CCC2)CC1. The van der Waals surface area contributed by atoms with E-state index in [0.717, 1.165) is 74.1 Å². The van der Waals surface area contributed by atoms with Crippen LogP contribution in [0.2, 0.25) is 10.0 Å². The molecular weight excluding hydrogens is 465 g/mol. The lowest BCUT2D eigenvalue weighted by molar-refractivity contribution is -0.127. The summed E-state index contributed by atoms with van der Waals surface area (Å²) in [6.45, 7) is 9.34. The molecule has 34 heavy (non-hydrogen) atoms. The normalized spacial score (nSPS) is 20.2. The van der Waals surface area contributed by atoms with E-state index in [4.69, 9.17) is 23.2 Å². The van der Waals surface area contributed by atoms with Crippen LogP contribution in [0.4, 0.5) is 5.69 Å². The zero-order chi connectivity index (χ0) is 23.8. The smallest absolute Gasteiger partial charge is 0.223 e. The van der Waals surface area contributed by atoms with Gasteiger partial charge in [0.05, 0.1) is 15.7 Å². The molecule has 2 heterocycles. The Labute approximate surface area is 213 Å². The average Bonchev–Trinajstić information content (AvgIpc) is 2.74. The lowest BCUT2D eigenvalue weighted by Crippen LogP contribution is -2.46. The van der Waals surface area contributed by atoms with Crippen LogP contribution in [0.25, 0.3) is 0 Å². The van der Waals surface area contributed by atoms with Crippen molar-refractivity contribution in [3.05, 3.63) is 62.6 Å². The number of para-hydroxylation sites is 1. The van der Waals surface area contributed by atoms with Crippen LogP contribution in [0.15, 0.2) is 30.3 Å². The monoisotopic (exact) mass is 499 g/mol. The van der Waals surface area contributed by atoms with Crippen molar-refractivity contribution in [2.75, 3.05) is 31.1 Å². The van der Waals surface area contributed by atoms with E-state index in [2.05, 4.69) is 41.1 Å². The summed E-state index contributed by atoms with van der Waals surface area (Å²) < 4.78 is 0. The van der Waals surface area contributed by atoms with Gasteiger partial charge in [0.1, 0.15) is 0 Å². The number of likely N-dealkylation sites (tertiary alicyclic amines) is 1. The van der Waals surface area contributed by atoms with E-state index in [1.807, 2.05) is 18.2 Å². The number of halogens is 2. The number of nitrogens with one attached hydrogen (secondary N) is 1. The first-order valence-electron chi connectivity index (χ1n) is 12.7. The predicted molar refractivity (Wildman–Crippen MR) is 141 cm³/mol. The maximum atomic E-state index is 12.5. The van der Waals surface area contributed by atoms with Crippen LogP contribution < -0.4 is 10.2 Å². The van der Waals surface area contributed by atoms with Gasteiger partial charge in [-0.05, 0) is 93.4 Å². The first-order chi connectivity index (χ1) is 16.4. The molecular formula is C28H35Cl2N3O. The second kappa shape index (κ2) is 10.1. The molecule has 5 rings (SSSR count). The second-order valence-corrected chi connectivity index (χ2v) is 11.3. The Morgan fingerprint density at radius 2 is 1.62 bits per heavy atom. The molecule has 1 amide bonds. The Hall–Kier alpha value is -1.75. The van der Waals surface area contributed by atoms with Crippen molar-refractivity contribution in [1.82, 2.24) is 10.2 Å². The lowest BCUT2D eigenvalue weighted by atomic mass is 9.86. The van der Waals surface area contributed by atoms with Gasteiger partial charge in [-0.15, -0.1) is 0 Å². The zero-order valence-electron chi connectivity index (χ0n) is 20.2. The first-order valence-corrected chi connectivity index (χ1v) is 13.5. The average molecular weight is 501 g/mol. The van der Waals surface area contributed by atoms with Crippen LogP contribution in [-0.4, -0.2) is 43.0 Å². The third-order valence-corrected chi connectivity index (χ3v) is 8.73. The second-order valence-electron chi connectivity index (χ2n) is 10.5. The van der Waals surface area contributed by atoms with E-state index in [1.165, 1.54) is 28.7 Å². The fourth-order valence-electron chi connectivity index (χ4n) is 5.62. The fourth-order valence-corrected chi connectivity index (χ4v) is 6.26. The molecule has 0 unspecified atom stereocenters. The number of rotatable bonds is 6. The summed E-state index contributed by atoms with van der Waals surface area (Å²) in [5.41, 5.74) is 6.54. The van der Waals surface area contributed by atoms with Crippen LogP contribution in [0.3, 0.4) is 0 Å². The van der Waals surface area contributed by atoms with E-state index in [9.17, 15) is 4.79 Å². The highest BCUT2D eigenvalue weighted by molar-refractivity contribution is 6.39. The summed E-state index contributed by atoms with van der Waals surface area (Å²) in [7, 11) is 0. The highest BCUT2D eigenvalue weighted by Crippen LogP contribution is 2.40. The third kappa shape index (κ3) is 4.96. The number of aryl methyl sites for hydroxylation is 2. The van der Waals surface area contributed by atoms with Crippen molar-refractivity contribution in [3.63, 3.8) is 0 Å². The summed E-state index contributed by atoms with van der Waals surface area (Å²) in [6.07, 6.45) is 5.52. The summed E-state index contributed by atoms with van der Waals surface area (Å²) in [6, 6.07) is 10.9. The molecule has 4 nitrogen and oxygen atoms in total. The molecule has 0 spiro atoms. The molecule has 0 aromatic heterocycles. The summed E-state index contributed by atoms with van der Waals surface area (Å²) in [5, 5.41) is 4.68. The molecule has 2 aromatic carbocycles. The van der Waals surface area contributed by atoms with E-state index in [-0.39, 0.29) is 11.8 Å². The fraction of sp³-hybridized carbons (Fsp3) is 0.536. The number of carbonyl (C=O) groups excluding carboxylic acids is 1. The standard InChI is InChI=1S/C28H35Cl2N3O/c1-18-13-21(22-15-33(16-22)27-25(29)7-4-8-26(27)30)14-19(2)24(18)17-32-11-9-20(10-12-32)28(34)31-23-5-3-6-23/h4,7-8,13-14,20,22-23H,3,5-6,9-12,15-17H2,1-2H3,(H,31,34). The molecule has 2 aromatic rings. The first kappa shape index (κ1) is 24.0. The minimum atomic E-state index is 0.189. The number of hydrogen-bond acceptors (Lipinski definition) is 3. The third-order valence-electron chi connectivity index (χ3n) is 8.12. The van der Waals surface area contributed by atoms with Gasteiger partial charge < -0.3 is 10.2 Å². The maximum absolute atomic E-state index is 12.5. The number of anilines is 1. The largest absolute Gasteiger partial charge is 0.368 e. The van der Waals surface area contributed by atoms with Gasteiger partial charge >= 0.3 is 0 Å². The molecule has 3 fully saturated rings. The highest BCUT2D eigenvalue weighted by atomic mass is 35.5. The van der Waals surface area contributed by atoms with Crippen molar-refractivity contribution in [2.24, 2.45) is 5.92 Å². The van der Waals surface area contributed by atoms with Crippen molar-refractivity contribution < 1.29 is 4.79 Å². The Morgan fingerprint density at radius 3 is 2.18 bits per heavy atom. The lowest BCUT2D eigenvalue weighted by Gasteiger charge is -2.42. The quantitative estimate of drug-likeness (QED) is 0.521. The van der Waals surface area contributed by atoms with Crippen molar-refractivity contribution in [2.45, 2.75) is 64.5 Å². The molecule has 182 valence electrons. The molecule has 1 N–H and O–H groups in total. The summed E-state index contributed by atoms with van der Waals surface area (Å²) in [4.78, 5) is 17.3. The Bertz CT molecular complexity index is 1010. The molecule has 0 atom stereocenters. The van der Waals surface area contributed by atoms with Crippen molar-refractivity contribution >= 4 is 34.8 Å². The molecule has 3 aliphatic rings. The number of amides is 1. The van der Waals surface area contributed by atoms with E-state index >= 15 is 0 Å². The van der Waals surface area contributed by atoms with Gasteiger partial charge in [-0.2, -0.15) is 0 Å². The molecule has 1 aliphatic carbocycles. The van der Waals surface area contributed by atoms with E-state index < -0.39 is 0 Å². The Kier molecular flexibility index (Phi) is 7.11. The number of hydrogen-bond donors (Lipinski definition) is 1. The molecule has 0 radical (unpaired) electrons. The van der Waals surface area contributed by atoms with Gasteiger partial charge in [-0.3, -0.25) is 9.69 Å². The number of piperidine rings is 1. The van der Waals surface area contributed by atoms with Gasteiger partial charge in [-0.1, -0.05) is 41.4 Å². The van der Waals surface area contributed by atoms with Crippen LogP contribution in [0, 0.1) is 19.8 Å². The van der Waals surface area contributed by atoms with E-state index in [0.29, 0.717) is 12.0 Å². The van der Waals surface area contributed by atoms with Crippen LogP contribution in [0.1, 0.15) is 60.3 Å². The molecule has 0 bridgehead atoms. The minimum absolute atomic E-state index is 0.189. The van der Waals surface area contributed by atoms with Crippen molar-refractivity contribution in [1.29, 1.82) is 0 Å². The number of benzene rings is 2. The van der Waals surface area contributed by atoms with Gasteiger partial charge in [0, 0.05) is 37.5 Å². The number of nitrogens with zero attached hydrogens (tertiary/aromatic N) is 2. The molecule has 2 saturated heterocycles. The van der Waals surface area contributed by atoms with Crippen molar-refractivity contribution in [3.8, 4) is 0 Å².